The van der Waals surface area contributed by atoms with E-state index >= 15 is 0 Å². The average molecular weight is 332 g/mol. The van der Waals surface area contributed by atoms with Gasteiger partial charge in [0.1, 0.15) is 0 Å². The smallest absolute Gasteiger partial charge is 0.237 e. The lowest BCUT2D eigenvalue weighted by molar-refractivity contribution is -0.126. The van der Waals surface area contributed by atoms with Crippen LogP contribution in [-0.4, -0.2) is 54.3 Å². The third-order valence-electron chi connectivity index (χ3n) is 5.18. The number of carbonyl (C=O) groups excluding carboxylic acids is 1. The highest BCUT2D eigenvalue weighted by atomic mass is 16.5. The lowest BCUT2D eigenvalue weighted by atomic mass is 10.1. The van der Waals surface area contributed by atoms with E-state index in [-0.39, 0.29) is 18.6 Å². The van der Waals surface area contributed by atoms with Gasteiger partial charge in [0.05, 0.1) is 12.6 Å². The molecule has 0 radical (unpaired) electrons. The van der Waals surface area contributed by atoms with Crippen molar-refractivity contribution in [2.45, 2.75) is 50.8 Å². The van der Waals surface area contributed by atoms with Crippen molar-refractivity contribution in [3.05, 3.63) is 35.4 Å². The minimum Gasteiger partial charge on any atom is -0.392 e. The molecular formula is C19H28N2O3. The predicted molar refractivity (Wildman–Crippen MR) is 92.6 cm³/mol. The lowest BCUT2D eigenvalue weighted by Gasteiger charge is -2.34. The fraction of sp³-hybridized carbons (Fsp3) is 0.632. The average Bonchev–Trinajstić information content (AvgIpc) is 3.13. The van der Waals surface area contributed by atoms with Gasteiger partial charge in [-0.3, -0.25) is 9.69 Å². The molecule has 2 heterocycles. The summed E-state index contributed by atoms with van der Waals surface area (Å²) >= 11 is 0. The van der Waals surface area contributed by atoms with Crippen LogP contribution in [0.1, 0.15) is 36.8 Å². The maximum atomic E-state index is 12.6. The first-order valence-corrected chi connectivity index (χ1v) is 9.08. The van der Waals surface area contributed by atoms with Crippen LogP contribution in [0.4, 0.5) is 0 Å². The van der Waals surface area contributed by atoms with Crippen molar-refractivity contribution in [1.29, 1.82) is 0 Å². The van der Waals surface area contributed by atoms with Gasteiger partial charge >= 0.3 is 0 Å². The van der Waals surface area contributed by atoms with Gasteiger partial charge in [-0.1, -0.05) is 24.3 Å². The number of amides is 1. The Bertz CT molecular complexity index is 526. The van der Waals surface area contributed by atoms with E-state index in [0.717, 1.165) is 57.4 Å². The molecule has 2 fully saturated rings. The first kappa shape index (κ1) is 17.4. The molecule has 5 nitrogen and oxygen atoms in total. The lowest BCUT2D eigenvalue weighted by Crippen LogP contribution is -2.49. The molecule has 0 bridgehead atoms. The fourth-order valence-corrected chi connectivity index (χ4v) is 3.78. The summed E-state index contributed by atoms with van der Waals surface area (Å²) in [5.41, 5.74) is 2.10. The van der Waals surface area contributed by atoms with Crippen LogP contribution in [-0.2, 0) is 22.6 Å². The molecule has 0 aromatic heterocycles. The van der Waals surface area contributed by atoms with Gasteiger partial charge in [0.2, 0.25) is 5.91 Å². The zero-order chi connectivity index (χ0) is 16.8. The van der Waals surface area contributed by atoms with E-state index in [1.54, 1.807) is 0 Å². The Morgan fingerprint density at radius 3 is 2.58 bits per heavy atom. The van der Waals surface area contributed by atoms with Gasteiger partial charge in [-0.25, -0.2) is 0 Å². The Balaban J connectivity index is 1.46. The van der Waals surface area contributed by atoms with E-state index in [1.165, 1.54) is 5.56 Å². The van der Waals surface area contributed by atoms with Crippen molar-refractivity contribution in [3.63, 3.8) is 0 Å². The molecule has 3 rings (SSSR count). The van der Waals surface area contributed by atoms with E-state index in [2.05, 4.69) is 10.2 Å². The monoisotopic (exact) mass is 332 g/mol. The summed E-state index contributed by atoms with van der Waals surface area (Å²) in [6, 6.07) is 8.43. The van der Waals surface area contributed by atoms with E-state index in [1.807, 2.05) is 24.3 Å². The Hall–Kier alpha value is -1.43. The van der Waals surface area contributed by atoms with Gasteiger partial charge in [0, 0.05) is 25.8 Å². The second-order valence-corrected chi connectivity index (χ2v) is 6.76. The summed E-state index contributed by atoms with van der Waals surface area (Å²) in [5, 5.41) is 12.2. The maximum Gasteiger partial charge on any atom is 0.237 e. The van der Waals surface area contributed by atoms with Crippen molar-refractivity contribution in [2.24, 2.45) is 0 Å². The Kier molecular flexibility index (Phi) is 6.24. The van der Waals surface area contributed by atoms with Crippen LogP contribution < -0.4 is 5.32 Å². The van der Waals surface area contributed by atoms with Crippen LogP contribution in [0.2, 0.25) is 0 Å². The quantitative estimate of drug-likeness (QED) is 0.828. The fourth-order valence-electron chi connectivity index (χ4n) is 3.78. The number of aliphatic hydroxyl groups is 1. The zero-order valence-corrected chi connectivity index (χ0v) is 14.2. The van der Waals surface area contributed by atoms with Crippen LogP contribution in [0.5, 0.6) is 0 Å². The van der Waals surface area contributed by atoms with Gasteiger partial charge in [-0.15, -0.1) is 0 Å². The second-order valence-electron chi connectivity index (χ2n) is 6.76. The van der Waals surface area contributed by atoms with Gasteiger partial charge in [0.25, 0.3) is 0 Å². The van der Waals surface area contributed by atoms with Crippen LogP contribution in [0.25, 0.3) is 0 Å². The van der Waals surface area contributed by atoms with Crippen molar-refractivity contribution in [3.8, 4) is 0 Å². The summed E-state index contributed by atoms with van der Waals surface area (Å²) in [7, 11) is 0. The van der Waals surface area contributed by atoms with Gasteiger partial charge in [-0.05, 0) is 49.8 Å². The molecule has 0 spiro atoms. The van der Waals surface area contributed by atoms with Gasteiger partial charge in [-0.2, -0.15) is 0 Å². The second kappa shape index (κ2) is 8.60. The standard InChI is InChI=1S/C19H28N2O3/c22-14-16-5-3-15(4-6-16)7-10-20-19(23)18-2-1-11-21(18)17-8-12-24-13-9-17/h3-6,17-18,22H,1-2,7-14H2,(H,20,23). The molecule has 0 aliphatic carbocycles. The number of ether oxygens (including phenoxy) is 1. The topological polar surface area (TPSA) is 61.8 Å². The molecule has 1 aromatic carbocycles. The molecule has 132 valence electrons. The van der Waals surface area contributed by atoms with E-state index < -0.39 is 0 Å². The minimum atomic E-state index is 0.0323. The molecule has 2 aliphatic rings. The zero-order valence-electron chi connectivity index (χ0n) is 14.2. The molecule has 1 aromatic rings. The van der Waals surface area contributed by atoms with E-state index in [9.17, 15) is 4.79 Å². The van der Waals surface area contributed by atoms with Gasteiger partial charge < -0.3 is 15.2 Å². The summed E-state index contributed by atoms with van der Waals surface area (Å²) in [5.74, 6) is 0.172. The first-order chi connectivity index (χ1) is 11.8. The summed E-state index contributed by atoms with van der Waals surface area (Å²) in [4.78, 5) is 15.0. The maximum absolute atomic E-state index is 12.6. The van der Waals surface area contributed by atoms with Crippen molar-refractivity contribution in [2.75, 3.05) is 26.3 Å². The third-order valence-corrected chi connectivity index (χ3v) is 5.18. The molecule has 2 N–H and O–H groups in total. The highest BCUT2D eigenvalue weighted by Gasteiger charge is 2.35. The number of nitrogens with one attached hydrogen (secondary N) is 1. The number of hydrogen-bond acceptors (Lipinski definition) is 4. The summed E-state index contributed by atoms with van der Waals surface area (Å²) in [6.07, 6.45) is 4.98. The molecule has 1 unspecified atom stereocenters. The van der Waals surface area contributed by atoms with E-state index in [4.69, 9.17) is 9.84 Å². The number of hydrogen-bond donors (Lipinski definition) is 2. The number of nitrogens with zero attached hydrogens (tertiary/aromatic N) is 1. The number of carbonyl (C=O) groups is 1. The Morgan fingerprint density at radius 1 is 1.17 bits per heavy atom. The molecule has 24 heavy (non-hydrogen) atoms. The molecule has 1 atom stereocenters. The highest BCUT2D eigenvalue weighted by Crippen LogP contribution is 2.25. The normalized spacial score (nSPS) is 22.6. The van der Waals surface area contributed by atoms with Gasteiger partial charge in [0.15, 0.2) is 0 Å². The molecular weight excluding hydrogens is 304 g/mol. The Labute approximate surface area is 144 Å². The number of benzene rings is 1. The van der Waals surface area contributed by atoms with Crippen molar-refractivity contribution in [1.82, 2.24) is 10.2 Å². The van der Waals surface area contributed by atoms with Crippen molar-refractivity contribution >= 4 is 5.91 Å². The number of likely N-dealkylation sites (tertiary alicyclic amines) is 1. The molecule has 0 saturated carbocycles. The Morgan fingerprint density at radius 2 is 1.88 bits per heavy atom. The van der Waals surface area contributed by atoms with Crippen molar-refractivity contribution < 1.29 is 14.6 Å². The first-order valence-electron chi connectivity index (χ1n) is 9.08. The number of rotatable bonds is 6. The molecule has 1 amide bonds. The summed E-state index contributed by atoms with van der Waals surface area (Å²) in [6.45, 7) is 3.40. The SMILES string of the molecule is O=C(NCCc1ccc(CO)cc1)C1CCCN1C1CCOCC1. The van der Waals surface area contributed by atoms with Crippen LogP contribution in [0.15, 0.2) is 24.3 Å². The van der Waals surface area contributed by atoms with Crippen LogP contribution in [0.3, 0.4) is 0 Å². The summed E-state index contributed by atoms with van der Waals surface area (Å²) < 4.78 is 5.44. The molecule has 2 aliphatic heterocycles. The van der Waals surface area contributed by atoms with E-state index in [0.29, 0.717) is 12.6 Å². The van der Waals surface area contributed by atoms with Crippen LogP contribution >= 0.6 is 0 Å². The highest BCUT2D eigenvalue weighted by molar-refractivity contribution is 5.82. The number of aliphatic hydroxyl groups excluding tert-OH is 1. The van der Waals surface area contributed by atoms with Crippen LogP contribution in [0, 0.1) is 0 Å². The minimum absolute atomic E-state index is 0.0323. The largest absolute Gasteiger partial charge is 0.392 e. The predicted octanol–water partition coefficient (Wildman–Crippen LogP) is 1.48. The molecule has 2 saturated heterocycles. The third kappa shape index (κ3) is 4.35. The molecule has 5 heteroatoms.